The number of allylic oxidation sites excluding steroid dienone is 3. The minimum Gasteiger partial charge on any atom is -0.508 e. The van der Waals surface area contributed by atoms with Crippen molar-refractivity contribution in [1.82, 2.24) is 10.2 Å². The Morgan fingerprint density at radius 3 is 2.67 bits per heavy atom. The number of rotatable bonds is 7. The van der Waals surface area contributed by atoms with Gasteiger partial charge in [0.25, 0.3) is 0 Å². The molecule has 7 N–H and O–H groups in total. The molecule has 0 saturated heterocycles. The van der Waals surface area contributed by atoms with Crippen molar-refractivity contribution in [3.05, 3.63) is 99.9 Å². The SMILES string of the molecule is N[C@@H]1NC[C@@H]2C=C[C@@H]3C4=CN=C5CN(C=C45)[C@@H]4Oc5cc(CCC(=O)C[C@H](O)[C@H]6C=C[C@H](C7CCCC7)C[C@H]6O)c(O)cc5OC#CC5(CCCC5)[C@H]4C#C[C@@H](O)c4ccc1c2c43. The maximum atomic E-state index is 13.4. The number of aliphatic imine (C=N–C) groups is 1. The number of nitrogens with one attached hydrogen (secondary N) is 1. The van der Waals surface area contributed by atoms with Crippen molar-refractivity contribution in [2.45, 2.75) is 120 Å². The second-order valence-electron chi connectivity index (χ2n) is 19.4. The van der Waals surface area contributed by atoms with Crippen LogP contribution in [-0.2, 0) is 11.2 Å². The molecule has 5 heterocycles. The number of phenolic OH excluding ortho intramolecular Hbond substituents is 1. The van der Waals surface area contributed by atoms with Crippen LogP contribution < -0.4 is 20.5 Å². The van der Waals surface area contributed by atoms with Gasteiger partial charge in [0.15, 0.2) is 17.7 Å². The van der Waals surface area contributed by atoms with Crippen molar-refractivity contribution in [2.24, 2.45) is 39.8 Å². The number of ketones is 1. The van der Waals surface area contributed by atoms with E-state index in [4.69, 9.17) is 20.2 Å². The number of aromatic hydroxyl groups is 1. The van der Waals surface area contributed by atoms with Crippen molar-refractivity contribution in [3.63, 3.8) is 0 Å². The summed E-state index contributed by atoms with van der Waals surface area (Å²) in [5.74, 6) is 10.7. The number of fused-ring (bicyclic) bond motifs is 6. The number of phenols is 1. The molecule has 2 fully saturated rings. The second-order valence-corrected chi connectivity index (χ2v) is 19.4. The smallest absolute Gasteiger partial charge is 0.187 e. The number of ether oxygens (including phenoxy) is 2. The largest absolute Gasteiger partial charge is 0.508 e. The summed E-state index contributed by atoms with van der Waals surface area (Å²) in [6.07, 6.45) is 21.0. The molecule has 4 aliphatic carbocycles. The molecule has 326 valence electrons. The van der Waals surface area contributed by atoms with Gasteiger partial charge in [0, 0.05) is 61.2 Å². The predicted molar refractivity (Wildman–Crippen MR) is 237 cm³/mol. The van der Waals surface area contributed by atoms with Crippen LogP contribution in [0.15, 0.2) is 77.1 Å². The van der Waals surface area contributed by atoms with Crippen LogP contribution in [0.4, 0.5) is 0 Å². The molecule has 9 aliphatic rings. The van der Waals surface area contributed by atoms with Crippen LogP contribution in [0.5, 0.6) is 17.2 Å². The normalized spacial score (nSPS) is 32.2. The van der Waals surface area contributed by atoms with E-state index in [-0.39, 0.29) is 54.5 Å². The Bertz CT molecular complexity index is 2500. The van der Waals surface area contributed by atoms with E-state index in [9.17, 15) is 25.2 Å². The van der Waals surface area contributed by atoms with E-state index < -0.39 is 41.8 Å². The lowest BCUT2D eigenvalue weighted by atomic mass is 9.71. The number of nitrogens with zero attached hydrogens (tertiary/aromatic N) is 2. The highest BCUT2D eigenvalue weighted by Crippen LogP contribution is 2.52. The first-order valence-electron chi connectivity index (χ1n) is 23.2. The van der Waals surface area contributed by atoms with Crippen molar-refractivity contribution in [1.29, 1.82) is 0 Å². The van der Waals surface area contributed by atoms with Gasteiger partial charge in [-0.1, -0.05) is 79.9 Å². The fraction of sp³-hybridized carbons (Fsp3) is 0.500. The molecular formula is C52H56N4O7. The zero-order chi connectivity index (χ0) is 43.0. The average molecular weight is 849 g/mol. The Morgan fingerprint density at radius 2 is 1.84 bits per heavy atom. The lowest BCUT2D eigenvalue weighted by molar-refractivity contribution is -0.122. The molecule has 11 heteroatoms. The van der Waals surface area contributed by atoms with Gasteiger partial charge >= 0.3 is 0 Å². The van der Waals surface area contributed by atoms with Gasteiger partial charge < -0.3 is 40.5 Å². The Labute approximate surface area is 368 Å². The standard InChI is InChI=1S/C52H56N4O7/c53-50-37-14-13-36-42(58)16-15-40-51(56-27-39-38(26-54-41(39)28-56)34-11-9-32(25-55-50)48(37)49(34)36)63-47-22-31(43(59)24-46(47)62-20-19-52(40)17-3-4-18-52)7-10-33(57)23-45(61)35-12-8-30(21-44(35)60)29-5-1-2-6-29/h8-9,11-14,22,24,26-27,29-30,32,34-35,40,42,44-45,50-51,55,58-61H,1-7,10,17-18,21,23,25,28,53H2/t30-,32-,34+,35-,40-,42+,44+,45-,50+,51+/m0/s1. The van der Waals surface area contributed by atoms with Crippen LogP contribution >= 0.6 is 0 Å². The molecule has 11 nitrogen and oxygen atoms in total. The minimum absolute atomic E-state index is 0.0496. The molecule has 1 spiro atoms. The maximum Gasteiger partial charge on any atom is 0.187 e. The molecule has 0 unspecified atom stereocenters. The number of hydrogen-bond acceptors (Lipinski definition) is 11. The monoisotopic (exact) mass is 848 g/mol. The summed E-state index contributed by atoms with van der Waals surface area (Å²) in [6.45, 7) is 1.18. The minimum atomic E-state index is -1.09. The van der Waals surface area contributed by atoms with E-state index in [1.165, 1.54) is 31.7 Å². The molecular weight excluding hydrogens is 793 g/mol. The number of benzene rings is 2. The first kappa shape index (κ1) is 40.6. The van der Waals surface area contributed by atoms with Gasteiger partial charge in [-0.25, -0.2) is 0 Å². The molecule has 0 radical (unpaired) electrons. The van der Waals surface area contributed by atoms with Gasteiger partial charge in [0.05, 0.1) is 42.0 Å². The quantitative estimate of drug-likeness (QED) is 0.139. The molecule has 0 aromatic heterocycles. The molecule has 5 aliphatic heterocycles. The van der Waals surface area contributed by atoms with Crippen molar-refractivity contribution in [2.75, 3.05) is 13.1 Å². The van der Waals surface area contributed by atoms with Gasteiger partial charge in [-0.05, 0) is 89.8 Å². The van der Waals surface area contributed by atoms with Crippen LogP contribution in [0.3, 0.4) is 0 Å². The highest BCUT2D eigenvalue weighted by atomic mass is 16.5. The van der Waals surface area contributed by atoms with E-state index >= 15 is 0 Å². The molecule has 2 saturated carbocycles. The van der Waals surface area contributed by atoms with Crippen molar-refractivity contribution in [3.8, 4) is 41.1 Å². The summed E-state index contributed by atoms with van der Waals surface area (Å²) >= 11 is 0. The van der Waals surface area contributed by atoms with Gasteiger partial charge in [0.1, 0.15) is 23.7 Å². The summed E-state index contributed by atoms with van der Waals surface area (Å²) in [6, 6.07) is 7.24. The third kappa shape index (κ3) is 7.14. The molecule has 11 rings (SSSR count). The number of Topliss-reactive ketones (excluding diaryl/α,β-unsaturated/α-hetero) is 1. The molecule has 0 amide bonds. The summed E-state index contributed by atoms with van der Waals surface area (Å²) in [5.41, 5.74) is 13.5. The van der Waals surface area contributed by atoms with Crippen LogP contribution in [0, 0.1) is 53.0 Å². The van der Waals surface area contributed by atoms with E-state index in [1.807, 2.05) is 24.4 Å². The first-order valence-corrected chi connectivity index (χ1v) is 23.2. The molecule has 63 heavy (non-hydrogen) atoms. The van der Waals surface area contributed by atoms with E-state index in [0.717, 1.165) is 64.8 Å². The van der Waals surface area contributed by atoms with E-state index in [2.05, 4.69) is 58.5 Å². The Morgan fingerprint density at radius 1 is 1.02 bits per heavy atom. The van der Waals surface area contributed by atoms with Crippen molar-refractivity contribution >= 4 is 11.5 Å². The van der Waals surface area contributed by atoms with Gasteiger partial charge in [-0.15, -0.1) is 0 Å². The number of carbonyl (C=O) groups excluding carboxylic acids is 1. The van der Waals surface area contributed by atoms with Gasteiger partial charge in [-0.2, -0.15) is 0 Å². The first-order chi connectivity index (χ1) is 30.6. The molecule has 2 aromatic carbocycles. The lowest BCUT2D eigenvalue weighted by Gasteiger charge is -2.39. The third-order valence-electron chi connectivity index (χ3n) is 15.7. The topological polar surface area (TPSA) is 170 Å². The highest BCUT2D eigenvalue weighted by Gasteiger charge is 2.49. The highest BCUT2D eigenvalue weighted by molar-refractivity contribution is 6.10. The summed E-state index contributed by atoms with van der Waals surface area (Å²) in [5, 5.41) is 49.1. The zero-order valence-electron chi connectivity index (χ0n) is 35.5. The van der Waals surface area contributed by atoms with Crippen LogP contribution in [0.2, 0.25) is 0 Å². The molecule has 10 atom stereocenters. The summed E-state index contributed by atoms with van der Waals surface area (Å²) in [4.78, 5) is 20.5. The number of nitrogens with two attached hydrogens (primary N) is 1. The molecule has 2 aromatic rings. The van der Waals surface area contributed by atoms with Gasteiger partial charge in [-0.3, -0.25) is 15.1 Å². The number of aryl methyl sites for hydroxylation is 1. The predicted octanol–water partition coefficient (Wildman–Crippen LogP) is 6.21. The molecule has 2 bridgehead atoms. The van der Waals surface area contributed by atoms with Crippen LogP contribution in [-0.4, -0.2) is 68.3 Å². The fourth-order valence-corrected chi connectivity index (χ4v) is 12.3. The Kier molecular flexibility index (Phi) is 10.4. The number of carbonyl (C=O) groups is 1. The number of hydrogen-bond donors (Lipinski definition) is 6. The Hall–Kier alpha value is -5.14. The lowest BCUT2D eigenvalue weighted by Crippen LogP contribution is -2.47. The third-order valence-corrected chi connectivity index (χ3v) is 15.7. The van der Waals surface area contributed by atoms with E-state index in [1.54, 1.807) is 6.07 Å². The van der Waals surface area contributed by atoms with Gasteiger partial charge in [0.2, 0.25) is 0 Å². The number of aliphatic hydroxyl groups excluding tert-OH is 3. The zero-order valence-corrected chi connectivity index (χ0v) is 35.5. The van der Waals surface area contributed by atoms with Crippen LogP contribution in [0.25, 0.3) is 0 Å². The number of aliphatic hydroxyl groups is 3. The Balaban J connectivity index is 0.907. The summed E-state index contributed by atoms with van der Waals surface area (Å²) in [7, 11) is 0. The average Bonchev–Trinajstić information content (AvgIpc) is 4.11. The maximum absolute atomic E-state index is 13.4. The fourth-order valence-electron chi connectivity index (χ4n) is 12.3. The second kappa shape index (κ2) is 16.1. The summed E-state index contributed by atoms with van der Waals surface area (Å²) < 4.78 is 13.2. The van der Waals surface area contributed by atoms with Crippen LogP contribution in [0.1, 0.15) is 123 Å². The van der Waals surface area contributed by atoms with E-state index in [0.29, 0.717) is 42.7 Å². The van der Waals surface area contributed by atoms with Crippen molar-refractivity contribution < 1.29 is 34.7 Å².